The summed E-state index contributed by atoms with van der Waals surface area (Å²) in [6.07, 6.45) is 10.5. The Kier molecular flexibility index (Phi) is 4.91. The largest absolute Gasteiger partial charge is 0.382 e. The molecule has 4 rings (SSSR count). The number of H-pyrrole nitrogens is 1. The van der Waals surface area contributed by atoms with Gasteiger partial charge in [0.2, 0.25) is 0 Å². The second-order valence-corrected chi connectivity index (χ2v) is 6.34. The van der Waals surface area contributed by atoms with Crippen molar-refractivity contribution in [3.63, 3.8) is 0 Å². The summed E-state index contributed by atoms with van der Waals surface area (Å²) >= 11 is 0. The molecule has 25 heavy (non-hydrogen) atoms. The summed E-state index contributed by atoms with van der Waals surface area (Å²) in [5.41, 5.74) is 8.52. The zero-order valence-electron chi connectivity index (χ0n) is 13.7. The Labute approximate surface area is 151 Å². The van der Waals surface area contributed by atoms with Crippen LogP contribution < -0.4 is 5.73 Å². The Balaban J connectivity index is 0.00000182. The van der Waals surface area contributed by atoms with Gasteiger partial charge in [-0.25, -0.2) is 9.97 Å². The Morgan fingerprint density at radius 1 is 1.36 bits per heavy atom. The minimum atomic E-state index is 0. The number of halogens is 1. The molecule has 1 atom stereocenters. The SMILES string of the molecule is Cl.N#CCC(C1CCCC1)n1cc(-c2ncnc3[nH]ccc23)c(N)n1. The number of nitrogens with one attached hydrogen (secondary N) is 1. The van der Waals surface area contributed by atoms with Gasteiger partial charge in [0.15, 0.2) is 5.82 Å². The molecule has 1 aliphatic rings. The zero-order valence-corrected chi connectivity index (χ0v) is 14.5. The van der Waals surface area contributed by atoms with E-state index in [9.17, 15) is 5.26 Å². The number of nitrogens with two attached hydrogens (primary N) is 1. The van der Waals surface area contributed by atoms with E-state index in [0.29, 0.717) is 18.2 Å². The molecule has 130 valence electrons. The summed E-state index contributed by atoms with van der Waals surface area (Å²) in [5.74, 6) is 0.937. The van der Waals surface area contributed by atoms with E-state index in [1.807, 2.05) is 23.1 Å². The number of hydrogen-bond acceptors (Lipinski definition) is 5. The number of hydrogen-bond donors (Lipinski definition) is 2. The first kappa shape index (κ1) is 17.2. The molecule has 1 aliphatic carbocycles. The van der Waals surface area contributed by atoms with Gasteiger partial charge in [0.1, 0.15) is 12.0 Å². The van der Waals surface area contributed by atoms with Gasteiger partial charge in [-0.15, -0.1) is 12.4 Å². The van der Waals surface area contributed by atoms with Crippen molar-refractivity contribution >= 4 is 29.3 Å². The van der Waals surface area contributed by atoms with Gasteiger partial charge in [-0.1, -0.05) is 12.8 Å². The second kappa shape index (κ2) is 7.11. The van der Waals surface area contributed by atoms with E-state index in [1.165, 1.54) is 19.2 Å². The van der Waals surface area contributed by atoms with Crippen LogP contribution in [0.2, 0.25) is 0 Å². The molecule has 0 amide bonds. The molecule has 8 heteroatoms. The molecule has 0 aliphatic heterocycles. The highest BCUT2D eigenvalue weighted by Crippen LogP contribution is 2.37. The van der Waals surface area contributed by atoms with Crippen LogP contribution in [0.25, 0.3) is 22.3 Å². The van der Waals surface area contributed by atoms with Crippen molar-refractivity contribution in [1.29, 1.82) is 5.26 Å². The van der Waals surface area contributed by atoms with Gasteiger partial charge in [-0.05, 0) is 24.8 Å². The number of nitrogen functional groups attached to an aromatic ring is 1. The Bertz CT molecular complexity index is 901. The number of rotatable bonds is 4. The summed E-state index contributed by atoms with van der Waals surface area (Å²) in [6.45, 7) is 0. The van der Waals surface area contributed by atoms with Crippen molar-refractivity contribution < 1.29 is 0 Å². The van der Waals surface area contributed by atoms with Crippen LogP contribution in [0.1, 0.15) is 38.1 Å². The average molecular weight is 358 g/mol. The van der Waals surface area contributed by atoms with E-state index < -0.39 is 0 Å². The van der Waals surface area contributed by atoms with Crippen molar-refractivity contribution in [3.8, 4) is 17.3 Å². The molecule has 0 aromatic carbocycles. The molecule has 3 heterocycles. The third-order valence-electron chi connectivity index (χ3n) is 4.95. The van der Waals surface area contributed by atoms with Gasteiger partial charge in [-0.2, -0.15) is 10.4 Å². The topological polar surface area (TPSA) is 109 Å². The fraction of sp³-hybridized carbons (Fsp3) is 0.412. The third-order valence-corrected chi connectivity index (χ3v) is 4.95. The van der Waals surface area contributed by atoms with Crippen LogP contribution >= 0.6 is 12.4 Å². The lowest BCUT2D eigenvalue weighted by atomic mass is 9.96. The molecule has 1 fully saturated rings. The number of nitriles is 1. The fourth-order valence-corrected chi connectivity index (χ4v) is 3.76. The molecule has 1 unspecified atom stereocenters. The van der Waals surface area contributed by atoms with Crippen molar-refractivity contribution in [2.75, 3.05) is 5.73 Å². The lowest BCUT2D eigenvalue weighted by molar-refractivity contribution is 0.315. The van der Waals surface area contributed by atoms with Crippen LogP contribution in [-0.4, -0.2) is 24.7 Å². The lowest BCUT2D eigenvalue weighted by Crippen LogP contribution is -2.17. The number of anilines is 1. The standard InChI is InChI=1S/C17H19N7.ClH/c18-7-5-14(11-3-1-2-4-11)24-9-13(16(19)23-24)15-12-6-8-20-17(12)22-10-21-15;/h6,8-11,14H,1-5H2,(H2,19,23)(H,20,21,22);1H. The maximum Gasteiger partial charge on any atom is 0.154 e. The normalized spacial score (nSPS) is 15.8. The van der Waals surface area contributed by atoms with E-state index in [0.717, 1.165) is 35.1 Å². The van der Waals surface area contributed by atoms with Crippen molar-refractivity contribution in [1.82, 2.24) is 24.7 Å². The average Bonchev–Trinajstić information content (AvgIpc) is 3.32. The molecule has 0 bridgehead atoms. The lowest BCUT2D eigenvalue weighted by Gasteiger charge is -2.21. The van der Waals surface area contributed by atoms with Gasteiger partial charge < -0.3 is 10.7 Å². The Morgan fingerprint density at radius 2 is 2.16 bits per heavy atom. The summed E-state index contributed by atoms with van der Waals surface area (Å²) in [7, 11) is 0. The van der Waals surface area contributed by atoms with Crippen molar-refractivity contribution in [3.05, 3.63) is 24.8 Å². The minimum Gasteiger partial charge on any atom is -0.382 e. The number of fused-ring (bicyclic) bond motifs is 1. The highest BCUT2D eigenvalue weighted by Gasteiger charge is 2.28. The van der Waals surface area contributed by atoms with Crippen molar-refractivity contribution in [2.45, 2.75) is 38.1 Å². The summed E-state index contributed by atoms with van der Waals surface area (Å²) < 4.78 is 1.88. The highest BCUT2D eigenvalue weighted by molar-refractivity contribution is 5.92. The maximum absolute atomic E-state index is 9.22. The monoisotopic (exact) mass is 357 g/mol. The first-order chi connectivity index (χ1) is 11.8. The Hall–Kier alpha value is -2.59. The van der Waals surface area contributed by atoms with E-state index in [1.54, 1.807) is 0 Å². The van der Waals surface area contributed by atoms with Crippen LogP contribution in [0, 0.1) is 17.2 Å². The number of aromatic nitrogens is 5. The molecule has 0 saturated heterocycles. The van der Waals surface area contributed by atoms with Crippen LogP contribution in [0.5, 0.6) is 0 Å². The highest BCUT2D eigenvalue weighted by atomic mass is 35.5. The molecule has 1 saturated carbocycles. The second-order valence-electron chi connectivity index (χ2n) is 6.34. The van der Waals surface area contributed by atoms with E-state index in [4.69, 9.17) is 5.73 Å². The zero-order chi connectivity index (χ0) is 16.5. The first-order valence-corrected chi connectivity index (χ1v) is 8.28. The predicted molar refractivity (Wildman–Crippen MR) is 98.0 cm³/mol. The van der Waals surface area contributed by atoms with Crippen LogP contribution in [0.15, 0.2) is 24.8 Å². The third kappa shape index (κ3) is 3.05. The van der Waals surface area contributed by atoms with Crippen LogP contribution in [0.4, 0.5) is 5.82 Å². The molecular weight excluding hydrogens is 338 g/mol. The maximum atomic E-state index is 9.22. The van der Waals surface area contributed by atoms with E-state index in [-0.39, 0.29) is 18.4 Å². The molecule has 7 nitrogen and oxygen atoms in total. The van der Waals surface area contributed by atoms with Crippen molar-refractivity contribution in [2.24, 2.45) is 5.92 Å². The summed E-state index contributed by atoms with van der Waals surface area (Å²) in [4.78, 5) is 11.7. The van der Waals surface area contributed by atoms with E-state index in [2.05, 4.69) is 26.1 Å². The predicted octanol–water partition coefficient (Wildman–Crippen LogP) is 3.47. The van der Waals surface area contributed by atoms with Gasteiger partial charge in [-0.3, -0.25) is 4.68 Å². The van der Waals surface area contributed by atoms with Crippen LogP contribution in [0.3, 0.4) is 0 Å². The minimum absolute atomic E-state index is 0. The Morgan fingerprint density at radius 3 is 2.92 bits per heavy atom. The molecule has 0 spiro atoms. The molecule has 3 aromatic rings. The first-order valence-electron chi connectivity index (χ1n) is 8.28. The smallest absolute Gasteiger partial charge is 0.154 e. The van der Waals surface area contributed by atoms with Gasteiger partial charge in [0.05, 0.1) is 29.8 Å². The summed E-state index contributed by atoms with van der Waals surface area (Å²) in [5, 5.41) is 14.7. The molecule has 3 N–H and O–H groups in total. The van der Waals surface area contributed by atoms with Crippen LogP contribution in [-0.2, 0) is 0 Å². The van der Waals surface area contributed by atoms with E-state index >= 15 is 0 Å². The quantitative estimate of drug-likeness (QED) is 0.742. The van der Waals surface area contributed by atoms with Gasteiger partial charge >= 0.3 is 0 Å². The molecule has 3 aromatic heterocycles. The van der Waals surface area contributed by atoms with Gasteiger partial charge in [0.25, 0.3) is 0 Å². The fourth-order valence-electron chi connectivity index (χ4n) is 3.76. The molecular formula is C17H20ClN7. The summed E-state index contributed by atoms with van der Waals surface area (Å²) in [6, 6.07) is 4.32. The molecule has 0 radical (unpaired) electrons. The van der Waals surface area contributed by atoms with Gasteiger partial charge in [0, 0.05) is 17.8 Å². The number of aromatic amines is 1. The number of nitrogens with zero attached hydrogens (tertiary/aromatic N) is 5.